The molecule has 0 radical (unpaired) electrons. The van der Waals surface area contributed by atoms with Crippen molar-refractivity contribution in [2.45, 2.75) is 4.90 Å². The molecule has 20 heavy (non-hydrogen) atoms. The zero-order valence-electron chi connectivity index (χ0n) is 10.3. The van der Waals surface area contributed by atoms with E-state index in [-0.39, 0.29) is 16.7 Å². The highest BCUT2D eigenvalue weighted by Crippen LogP contribution is 2.20. The number of benzene rings is 1. The molecular formula is C12H10N2O5S. The van der Waals surface area contributed by atoms with E-state index in [2.05, 4.69) is 10.2 Å². The summed E-state index contributed by atoms with van der Waals surface area (Å²) in [4.78, 5) is 10.5. The van der Waals surface area contributed by atoms with E-state index in [1.807, 2.05) is 0 Å². The zero-order valence-corrected chi connectivity index (χ0v) is 11.2. The van der Waals surface area contributed by atoms with Crippen LogP contribution >= 0.6 is 0 Å². The fourth-order valence-corrected chi connectivity index (χ4v) is 2.04. The van der Waals surface area contributed by atoms with Crippen molar-refractivity contribution in [3.8, 4) is 11.5 Å². The fraction of sp³-hybridized carbons (Fsp3) is 0.0833. The molecule has 0 bridgehead atoms. The van der Waals surface area contributed by atoms with Crippen molar-refractivity contribution >= 4 is 21.9 Å². The summed E-state index contributed by atoms with van der Waals surface area (Å²) in [5.41, 5.74) is 0.542. The van der Waals surface area contributed by atoms with Crippen molar-refractivity contribution in [1.82, 2.24) is 10.2 Å². The third-order valence-corrected chi connectivity index (χ3v) is 3.47. The van der Waals surface area contributed by atoms with Gasteiger partial charge in [-0.25, -0.2) is 13.2 Å². The number of sulfone groups is 1. The van der Waals surface area contributed by atoms with E-state index in [9.17, 15) is 13.2 Å². The van der Waals surface area contributed by atoms with Crippen molar-refractivity contribution in [1.29, 1.82) is 0 Å². The topological polar surface area (TPSA) is 110 Å². The predicted octanol–water partition coefficient (Wildman–Crippen LogP) is 1.24. The molecule has 2 rings (SSSR count). The molecule has 0 saturated heterocycles. The van der Waals surface area contributed by atoms with E-state index in [1.54, 1.807) is 0 Å². The molecule has 8 heteroatoms. The average molecular weight is 294 g/mol. The van der Waals surface area contributed by atoms with Crippen molar-refractivity contribution in [2.24, 2.45) is 0 Å². The maximum atomic E-state index is 11.3. The van der Waals surface area contributed by atoms with Gasteiger partial charge in [0.15, 0.2) is 9.84 Å². The van der Waals surface area contributed by atoms with Crippen LogP contribution in [0.1, 0.15) is 5.89 Å². The number of rotatable bonds is 4. The molecule has 2 aromatic rings. The second-order valence-electron chi connectivity index (χ2n) is 3.91. The van der Waals surface area contributed by atoms with E-state index in [0.29, 0.717) is 5.56 Å². The second kappa shape index (κ2) is 5.25. The molecule has 1 aromatic carbocycles. The first-order valence-electron chi connectivity index (χ1n) is 5.41. The molecule has 7 nitrogen and oxygen atoms in total. The molecule has 0 unspecified atom stereocenters. The van der Waals surface area contributed by atoms with E-state index in [1.165, 1.54) is 30.3 Å². The minimum Gasteiger partial charge on any atom is -0.478 e. The number of aromatic nitrogens is 2. The molecule has 1 N–H and O–H groups in total. The predicted molar refractivity (Wildman–Crippen MR) is 69.5 cm³/mol. The summed E-state index contributed by atoms with van der Waals surface area (Å²) in [6, 6.07) is 5.94. The molecule has 1 heterocycles. The number of carbonyl (C=O) groups is 1. The molecule has 0 amide bonds. The van der Waals surface area contributed by atoms with Gasteiger partial charge in [-0.1, -0.05) is 0 Å². The van der Waals surface area contributed by atoms with E-state index in [4.69, 9.17) is 9.52 Å². The van der Waals surface area contributed by atoms with Crippen molar-refractivity contribution < 1.29 is 22.7 Å². The lowest BCUT2D eigenvalue weighted by Gasteiger charge is -1.98. The molecule has 0 aliphatic heterocycles. The Morgan fingerprint density at radius 1 is 1.25 bits per heavy atom. The minimum atomic E-state index is -3.26. The Hall–Kier alpha value is -2.48. The highest BCUT2D eigenvalue weighted by Gasteiger charge is 2.10. The van der Waals surface area contributed by atoms with Crippen LogP contribution in [0.15, 0.2) is 39.7 Å². The van der Waals surface area contributed by atoms with Gasteiger partial charge in [0.2, 0.25) is 11.8 Å². The van der Waals surface area contributed by atoms with Crippen molar-refractivity contribution in [2.75, 3.05) is 6.26 Å². The molecule has 0 atom stereocenters. The van der Waals surface area contributed by atoms with Gasteiger partial charge in [-0.15, -0.1) is 10.2 Å². The van der Waals surface area contributed by atoms with Gasteiger partial charge in [-0.2, -0.15) is 0 Å². The molecule has 0 saturated carbocycles. The SMILES string of the molecule is CS(=O)(=O)c1ccc(-c2nnc(/C=C/C(=O)O)o2)cc1. The smallest absolute Gasteiger partial charge is 0.328 e. The van der Waals surface area contributed by atoms with Crippen LogP contribution in [-0.4, -0.2) is 35.9 Å². The molecule has 1 aromatic heterocycles. The summed E-state index contributed by atoms with van der Waals surface area (Å²) in [7, 11) is -3.26. The Bertz CT molecular complexity index is 759. The lowest BCUT2D eigenvalue weighted by molar-refractivity contribution is -0.131. The van der Waals surface area contributed by atoms with Crippen LogP contribution in [0, 0.1) is 0 Å². The van der Waals surface area contributed by atoms with Crippen molar-refractivity contribution in [3.63, 3.8) is 0 Å². The van der Waals surface area contributed by atoms with Crippen LogP contribution in [-0.2, 0) is 14.6 Å². The van der Waals surface area contributed by atoms with Gasteiger partial charge in [-0.05, 0) is 24.3 Å². The number of hydrogen-bond acceptors (Lipinski definition) is 6. The molecule has 0 spiro atoms. The van der Waals surface area contributed by atoms with E-state index < -0.39 is 15.8 Å². The van der Waals surface area contributed by atoms with Gasteiger partial charge in [-0.3, -0.25) is 0 Å². The maximum absolute atomic E-state index is 11.3. The normalized spacial score (nSPS) is 11.8. The van der Waals surface area contributed by atoms with Crippen molar-refractivity contribution in [3.05, 3.63) is 36.2 Å². The maximum Gasteiger partial charge on any atom is 0.328 e. The Morgan fingerprint density at radius 3 is 2.45 bits per heavy atom. The Kier molecular flexibility index (Phi) is 3.66. The van der Waals surface area contributed by atoms with E-state index >= 15 is 0 Å². The first-order chi connectivity index (χ1) is 9.36. The van der Waals surface area contributed by atoms with Gasteiger partial charge in [0, 0.05) is 24.0 Å². The Balaban J connectivity index is 2.27. The number of carboxylic acid groups (broad SMARTS) is 1. The molecule has 104 valence electrons. The summed E-state index contributed by atoms with van der Waals surface area (Å²) in [5.74, 6) is -0.896. The third kappa shape index (κ3) is 3.29. The zero-order chi connectivity index (χ0) is 14.8. The van der Waals surface area contributed by atoms with Crippen LogP contribution in [0.3, 0.4) is 0 Å². The lowest BCUT2D eigenvalue weighted by atomic mass is 10.2. The fourth-order valence-electron chi connectivity index (χ4n) is 1.41. The van der Waals surface area contributed by atoms with Gasteiger partial charge < -0.3 is 9.52 Å². The van der Waals surface area contributed by atoms with Crippen LogP contribution in [0.5, 0.6) is 0 Å². The Labute approximate surface area is 114 Å². The summed E-state index contributed by atoms with van der Waals surface area (Å²) in [6.45, 7) is 0. The number of hydrogen-bond donors (Lipinski definition) is 1. The molecule has 0 aliphatic carbocycles. The van der Waals surface area contributed by atoms with Crippen LogP contribution in [0.25, 0.3) is 17.5 Å². The third-order valence-electron chi connectivity index (χ3n) is 2.34. The molecular weight excluding hydrogens is 284 g/mol. The first-order valence-corrected chi connectivity index (χ1v) is 7.30. The Morgan fingerprint density at radius 2 is 1.90 bits per heavy atom. The quantitative estimate of drug-likeness (QED) is 0.844. The standard InChI is InChI=1S/C12H10N2O5S/c1-20(17,18)9-4-2-8(3-5-9)12-14-13-10(19-12)6-7-11(15)16/h2-7H,1H3,(H,15,16)/b7-6+. The van der Waals surface area contributed by atoms with E-state index in [0.717, 1.165) is 12.3 Å². The summed E-state index contributed by atoms with van der Waals surface area (Å²) in [6.07, 6.45) is 3.16. The molecule has 0 aliphatic rings. The monoisotopic (exact) mass is 294 g/mol. The highest BCUT2D eigenvalue weighted by molar-refractivity contribution is 7.90. The van der Waals surface area contributed by atoms with Crippen LogP contribution in [0.4, 0.5) is 0 Å². The average Bonchev–Trinajstić information content (AvgIpc) is 2.84. The highest BCUT2D eigenvalue weighted by atomic mass is 32.2. The van der Waals surface area contributed by atoms with Gasteiger partial charge in [0.05, 0.1) is 4.90 Å². The number of carboxylic acids is 1. The summed E-state index contributed by atoms with van der Waals surface area (Å²) < 4.78 is 27.9. The summed E-state index contributed by atoms with van der Waals surface area (Å²) >= 11 is 0. The molecule has 0 fully saturated rings. The van der Waals surface area contributed by atoms with Gasteiger partial charge in [0.25, 0.3) is 0 Å². The number of aliphatic carboxylic acids is 1. The van der Waals surface area contributed by atoms with Crippen LogP contribution < -0.4 is 0 Å². The summed E-state index contributed by atoms with van der Waals surface area (Å²) in [5, 5.41) is 15.9. The number of nitrogens with zero attached hydrogens (tertiary/aromatic N) is 2. The largest absolute Gasteiger partial charge is 0.478 e. The van der Waals surface area contributed by atoms with Crippen LogP contribution in [0.2, 0.25) is 0 Å². The second-order valence-corrected chi connectivity index (χ2v) is 5.93. The van der Waals surface area contributed by atoms with Gasteiger partial charge in [0.1, 0.15) is 0 Å². The first kappa shape index (κ1) is 13.9. The lowest BCUT2D eigenvalue weighted by Crippen LogP contribution is -1.96. The van der Waals surface area contributed by atoms with Gasteiger partial charge >= 0.3 is 5.97 Å². The minimum absolute atomic E-state index is 0.0505.